The predicted molar refractivity (Wildman–Crippen MR) is 526 cm³/mol. The van der Waals surface area contributed by atoms with Crippen LogP contribution in [0.15, 0.2) is 182 Å². The Morgan fingerprint density at radius 1 is 0.290 bits per heavy atom. The highest BCUT2D eigenvalue weighted by atomic mass is 16.5. The summed E-state index contributed by atoms with van der Waals surface area (Å²) in [5.41, 5.74) is 7.84. The maximum Gasteiger partial charge on any atom is 0.373 e. The zero-order valence-electron chi connectivity index (χ0n) is 77.0. The number of ether oxygens (including phenoxy) is 4. The van der Waals surface area contributed by atoms with Gasteiger partial charge in [0, 0.05) is 107 Å². The van der Waals surface area contributed by atoms with Crippen molar-refractivity contribution in [3.8, 4) is 23.0 Å². The molecule has 138 heavy (non-hydrogen) atoms. The number of esters is 2. The van der Waals surface area contributed by atoms with Crippen molar-refractivity contribution in [1.82, 2.24) is 19.6 Å². The molecule has 6 aliphatic rings. The van der Waals surface area contributed by atoms with Crippen LogP contribution >= 0.6 is 0 Å². The fourth-order valence-electron chi connectivity index (χ4n) is 23.2. The molecule has 2 saturated carbocycles. The van der Waals surface area contributed by atoms with Gasteiger partial charge in [-0.15, -0.1) is 0 Å². The Balaban J connectivity index is 0.00000185. The molecule has 0 N–H and O–H groups in total. The summed E-state index contributed by atoms with van der Waals surface area (Å²) in [6.07, 6.45) is 18.7. The fraction of sp³-hybridized carbons (Fsp3) is 0.276. The number of rotatable bonds is 26. The number of fused-ring (bicyclic) bond motifs is 6. The molecule has 4 aliphatic heterocycles. The molecule has 0 unspecified atom stereocenters. The number of amides is 8. The lowest BCUT2D eigenvalue weighted by atomic mass is 9.80. The number of carbonyl (C=O) groups is 10. The Morgan fingerprint density at radius 3 is 0.920 bits per heavy atom. The lowest BCUT2D eigenvalue weighted by Gasteiger charge is -2.37. The van der Waals surface area contributed by atoms with Gasteiger partial charge < -0.3 is 18.9 Å². The average Bonchev–Trinajstić information content (AvgIpc) is 0.666. The van der Waals surface area contributed by atoms with Gasteiger partial charge in [-0.05, 0) is 265 Å². The Labute approximate surface area is 792 Å². The van der Waals surface area contributed by atoms with Gasteiger partial charge in [-0.3, -0.25) is 58.0 Å². The summed E-state index contributed by atoms with van der Waals surface area (Å²) in [5.74, 6) is -2.95. The van der Waals surface area contributed by atoms with Crippen LogP contribution in [0, 0.1) is 0 Å². The molecule has 0 saturated heterocycles. The van der Waals surface area contributed by atoms with Crippen LogP contribution in [0.5, 0.6) is 23.0 Å². The molecular weight excluding hydrogens is 1740 g/mol. The molecule has 0 atom stereocenters. The van der Waals surface area contributed by atoms with Crippen LogP contribution in [0.25, 0.3) is 129 Å². The molecule has 0 radical (unpaired) electrons. The molecule has 23 rings (SSSR count). The third-order valence-electron chi connectivity index (χ3n) is 29.6. The smallest absolute Gasteiger partial charge is 0.373 e. The lowest BCUT2D eigenvalue weighted by molar-refractivity contribution is -0.193. The first-order valence-electron chi connectivity index (χ1n) is 48.4. The lowest BCUT2D eigenvalue weighted by Crippen LogP contribution is -2.48. The van der Waals surface area contributed by atoms with Crippen molar-refractivity contribution in [2.45, 2.75) is 181 Å². The third kappa shape index (κ3) is 14.3. The second kappa shape index (κ2) is 36.3. The van der Waals surface area contributed by atoms with Gasteiger partial charge >= 0.3 is 24.2 Å². The summed E-state index contributed by atoms with van der Waals surface area (Å²) < 4.78 is 26.0. The number of benzene rings is 17. The number of unbranched alkanes of at least 4 members (excludes halogenated alkanes) is 4. The maximum absolute atomic E-state index is 15.7. The van der Waals surface area contributed by atoms with Gasteiger partial charge in [-0.1, -0.05) is 189 Å². The largest absolute Gasteiger partial charge is 0.462 e. The zero-order valence-corrected chi connectivity index (χ0v) is 77.0. The number of nitrogens with zero attached hydrogens (tertiary/aromatic N) is 4. The fourth-order valence-corrected chi connectivity index (χ4v) is 23.2. The van der Waals surface area contributed by atoms with Crippen LogP contribution in [-0.4, -0.2) is 129 Å². The van der Waals surface area contributed by atoms with E-state index in [1.165, 1.54) is 41.5 Å². The summed E-state index contributed by atoms with van der Waals surface area (Å²) >= 11 is 0. The quantitative estimate of drug-likeness (QED) is 0.0160. The monoisotopic (exact) mass is 1830 g/mol. The van der Waals surface area contributed by atoms with Crippen molar-refractivity contribution >= 4 is 201 Å². The van der Waals surface area contributed by atoms with Crippen molar-refractivity contribution < 1.29 is 86.1 Å². The SMILES string of the molecule is CCCCOC(=O)c1ccc2c3ccc4c5c(ccc(c6ccc(C(=O)OCCCC)c1c26)c53)C(=O)N(CCc1ccc(Oc2cc3c5c(ccc6c7c(Oc8ccc(CCN9C(=O)c%10ccc%11c%12ccc(CCCC)c%13c(CCCC)ccc(c%14ccc(c%10c%11%14)C9=O)c%13%12)cc8)cc8c9c(ccc(c2c56)c97)C(=O)N(C2CCCCC2)C8=O)C(=O)N(C2CCCCC2)C3=O)cc1)C4=O.O=C=O.O=C=O. The van der Waals surface area contributed by atoms with Gasteiger partial charge in [0.25, 0.3) is 47.3 Å². The molecule has 2 aliphatic carbocycles. The van der Waals surface area contributed by atoms with Gasteiger partial charge in [-0.25, -0.2) is 9.59 Å². The van der Waals surface area contributed by atoms with E-state index in [2.05, 4.69) is 50.2 Å². The summed E-state index contributed by atoms with van der Waals surface area (Å²) in [5, 5.41) is 18.1. The minimum atomic E-state index is -0.549. The molecule has 0 spiro atoms. The van der Waals surface area contributed by atoms with E-state index >= 15 is 28.8 Å². The highest BCUT2D eigenvalue weighted by Crippen LogP contribution is 2.56. The van der Waals surface area contributed by atoms with Crippen molar-refractivity contribution in [1.29, 1.82) is 0 Å². The molecule has 22 nitrogen and oxygen atoms in total. The first-order valence-corrected chi connectivity index (χ1v) is 48.4. The van der Waals surface area contributed by atoms with Crippen LogP contribution < -0.4 is 9.47 Å². The maximum atomic E-state index is 15.7. The number of carbonyl (C=O) groups excluding carboxylic acids is 14. The van der Waals surface area contributed by atoms with E-state index in [1.54, 1.807) is 48.5 Å². The van der Waals surface area contributed by atoms with Crippen LogP contribution in [-0.2, 0) is 54.3 Å². The summed E-state index contributed by atoms with van der Waals surface area (Å²) in [4.78, 5) is 188. The molecular formula is C116H96N4O18. The molecule has 0 bridgehead atoms. The minimum Gasteiger partial charge on any atom is -0.462 e. The Kier molecular flexibility index (Phi) is 23.4. The van der Waals surface area contributed by atoms with Gasteiger partial charge in [0.15, 0.2) is 0 Å². The standard InChI is InChI=1S/C114H96N4O14.2CO2/c1-5-9-19-63-29-35-69-71-37-45-79-96-80(46-38-72(93(71)96)70-36-30-64(20-10-6-2)91(63)92(69)70)106(120)115(105(79)119)55-53-61-25-31-67(32-26-61)131-89-59-87-98-83(109(123)117(111(87)125)65-21-15-13-16-22-65)50-44-78-102-90(60-88-99-84(49-43-77(104(99)102)101(89)103(78)98)110(124)118(112(88)126)66-23-17-14-18-24-66)132-68-33-27-62(28-34-68)54-56-116-107(121)81-47-39-73-75-41-51-85(113(127)129-57-11-7-3)100-86(114(128)130-58-12-8-4)52-42-76(95(75)100)74-40-48-82(108(116)122)97(81)94(73)74;2*2-1-3/h25-52,59-60,65-66H,5-24,53-58H2,1-4H3;;. The summed E-state index contributed by atoms with van der Waals surface area (Å²) in [6.45, 7) is 9.07. The molecule has 688 valence electrons. The summed E-state index contributed by atoms with van der Waals surface area (Å²) in [7, 11) is 0. The van der Waals surface area contributed by atoms with Crippen molar-refractivity contribution in [2.24, 2.45) is 0 Å². The molecule has 2 fully saturated rings. The number of aryl methyl sites for hydroxylation is 2. The first-order chi connectivity index (χ1) is 67.4. The van der Waals surface area contributed by atoms with E-state index in [0.29, 0.717) is 160 Å². The van der Waals surface area contributed by atoms with E-state index in [-0.39, 0.29) is 109 Å². The molecule has 17 aromatic carbocycles. The van der Waals surface area contributed by atoms with Crippen molar-refractivity contribution in [2.75, 3.05) is 26.3 Å². The normalized spacial score (nSPS) is 15.1. The number of imide groups is 4. The Morgan fingerprint density at radius 2 is 0.580 bits per heavy atom. The molecule has 17 aromatic rings. The van der Waals surface area contributed by atoms with Crippen LogP contribution in [0.2, 0.25) is 0 Å². The predicted octanol–water partition coefficient (Wildman–Crippen LogP) is 24.4. The second-order valence-corrected chi connectivity index (χ2v) is 37.3. The van der Waals surface area contributed by atoms with E-state index < -0.39 is 35.6 Å². The van der Waals surface area contributed by atoms with E-state index in [4.69, 9.17) is 38.1 Å². The van der Waals surface area contributed by atoms with Crippen molar-refractivity contribution in [3.63, 3.8) is 0 Å². The van der Waals surface area contributed by atoms with Crippen LogP contribution in [0.1, 0.15) is 269 Å². The van der Waals surface area contributed by atoms with Crippen LogP contribution in [0.3, 0.4) is 0 Å². The van der Waals surface area contributed by atoms with Gasteiger partial charge in [0.05, 0.1) is 35.5 Å². The van der Waals surface area contributed by atoms with Gasteiger partial charge in [0.1, 0.15) is 23.0 Å². The zero-order chi connectivity index (χ0) is 95.3. The van der Waals surface area contributed by atoms with Gasteiger partial charge in [-0.2, -0.15) is 19.2 Å². The van der Waals surface area contributed by atoms with E-state index in [9.17, 15) is 19.2 Å². The topological polar surface area (TPSA) is 289 Å². The first kappa shape index (κ1) is 89.1. The van der Waals surface area contributed by atoms with E-state index in [1.807, 2.05) is 111 Å². The highest BCUT2D eigenvalue weighted by molar-refractivity contribution is 6.45. The Hall–Kier alpha value is -15.5. The highest BCUT2D eigenvalue weighted by Gasteiger charge is 2.45. The molecule has 4 heterocycles. The Bertz CT molecular complexity index is 7750. The van der Waals surface area contributed by atoms with Crippen molar-refractivity contribution in [3.05, 3.63) is 260 Å². The van der Waals surface area contributed by atoms with Gasteiger partial charge in [0.2, 0.25) is 0 Å². The number of hydrogen-bond acceptors (Lipinski definition) is 18. The van der Waals surface area contributed by atoms with Crippen LogP contribution in [0.4, 0.5) is 0 Å². The third-order valence-corrected chi connectivity index (χ3v) is 29.6. The summed E-state index contributed by atoms with van der Waals surface area (Å²) in [6, 6.07) is 56.5. The second-order valence-electron chi connectivity index (χ2n) is 37.3. The molecule has 8 amide bonds. The minimum absolute atomic E-state index is 0.0314. The average molecular weight is 1830 g/mol. The molecule has 22 heteroatoms. The molecule has 0 aromatic heterocycles. The van der Waals surface area contributed by atoms with E-state index in [0.717, 1.165) is 155 Å². The number of hydrogen-bond donors (Lipinski definition) is 0.